The van der Waals surface area contributed by atoms with Crippen LogP contribution in [-0.4, -0.2) is 37.6 Å². The Morgan fingerprint density at radius 2 is 2.14 bits per heavy atom. The molecule has 0 unspecified atom stereocenters. The third-order valence-electron chi connectivity index (χ3n) is 4.22. The lowest BCUT2D eigenvalue weighted by Gasteiger charge is -2.13. The fourth-order valence-corrected chi connectivity index (χ4v) is 4.05. The van der Waals surface area contributed by atoms with E-state index in [9.17, 15) is 9.59 Å². The second-order valence-electron chi connectivity index (χ2n) is 6.92. The molecule has 1 fully saturated rings. The van der Waals surface area contributed by atoms with Gasteiger partial charge in [-0.25, -0.2) is 4.98 Å². The Bertz CT molecular complexity index is 1060. The summed E-state index contributed by atoms with van der Waals surface area (Å²) in [5.41, 5.74) is 1.61. The van der Waals surface area contributed by atoms with E-state index in [-0.39, 0.29) is 11.5 Å². The van der Waals surface area contributed by atoms with E-state index in [1.807, 2.05) is 13.0 Å². The number of fused-ring (bicyclic) bond motifs is 1. The number of anilines is 1. The number of aromatic nitrogens is 2. The molecule has 1 aliphatic rings. The Morgan fingerprint density at radius 3 is 2.82 bits per heavy atom. The number of carbonyl (C=O) groups is 1. The summed E-state index contributed by atoms with van der Waals surface area (Å²) >= 11 is 6.47. The van der Waals surface area contributed by atoms with Crippen LogP contribution in [0.25, 0.3) is 11.7 Å². The monoisotopic (exact) mass is 414 g/mol. The lowest BCUT2D eigenvalue weighted by atomic mass is 10.2. The quantitative estimate of drug-likeness (QED) is 0.444. The first kappa shape index (κ1) is 20.3. The summed E-state index contributed by atoms with van der Waals surface area (Å²) < 4.78 is 1.96. The maximum Gasteiger partial charge on any atom is 0.267 e. The molecule has 8 heteroatoms. The highest BCUT2D eigenvalue weighted by Gasteiger charge is 2.31. The van der Waals surface area contributed by atoms with Crippen LogP contribution in [0.1, 0.15) is 25.0 Å². The third-order valence-corrected chi connectivity index (χ3v) is 5.60. The van der Waals surface area contributed by atoms with E-state index in [0.717, 1.165) is 5.56 Å². The molecule has 0 saturated carbocycles. The molecule has 1 N–H and O–H groups in total. The lowest BCUT2D eigenvalue weighted by Crippen LogP contribution is -2.28. The van der Waals surface area contributed by atoms with Gasteiger partial charge in [-0.15, -0.1) is 6.58 Å². The summed E-state index contributed by atoms with van der Waals surface area (Å²) in [4.78, 5) is 32.4. The second kappa shape index (κ2) is 8.28. The van der Waals surface area contributed by atoms with Crippen molar-refractivity contribution in [3.63, 3.8) is 0 Å². The van der Waals surface area contributed by atoms with Crippen molar-refractivity contribution in [2.45, 2.75) is 20.8 Å². The molecule has 2 aromatic rings. The zero-order valence-electron chi connectivity index (χ0n) is 16.1. The minimum Gasteiger partial charge on any atom is -0.369 e. The SMILES string of the molecule is C=CCN1C(=O)/C(=C/c2c(NCC(C)C)nc3c(C)cccn3c2=O)SC1=S. The molecule has 1 aliphatic heterocycles. The van der Waals surface area contributed by atoms with Gasteiger partial charge in [-0.05, 0) is 30.5 Å². The first-order chi connectivity index (χ1) is 13.3. The topological polar surface area (TPSA) is 66.7 Å². The van der Waals surface area contributed by atoms with Crippen molar-refractivity contribution in [1.82, 2.24) is 14.3 Å². The van der Waals surface area contributed by atoms with Crippen LogP contribution in [0.5, 0.6) is 0 Å². The van der Waals surface area contributed by atoms with E-state index in [1.54, 1.807) is 24.4 Å². The molecule has 0 radical (unpaired) electrons. The van der Waals surface area contributed by atoms with Crippen LogP contribution < -0.4 is 10.9 Å². The van der Waals surface area contributed by atoms with Crippen molar-refractivity contribution in [1.29, 1.82) is 0 Å². The molecular formula is C20H22N4O2S2. The number of pyridine rings is 1. The summed E-state index contributed by atoms with van der Waals surface area (Å²) in [6.07, 6.45) is 4.90. The second-order valence-corrected chi connectivity index (χ2v) is 8.60. The van der Waals surface area contributed by atoms with E-state index in [0.29, 0.717) is 45.3 Å². The standard InChI is InChI=1S/C20H22N4O2S2/c1-5-8-24-19(26)15(28-20(24)27)10-14-16(21-11-12(2)3)22-17-13(4)7-6-9-23(17)18(14)25/h5-7,9-10,12,21H,1,8,11H2,2-4H3/b15-10-. The smallest absolute Gasteiger partial charge is 0.267 e. The minimum atomic E-state index is -0.228. The van der Waals surface area contributed by atoms with Crippen LogP contribution >= 0.6 is 24.0 Å². The van der Waals surface area contributed by atoms with Crippen LogP contribution in [0.2, 0.25) is 0 Å². The molecular weight excluding hydrogens is 392 g/mol. The number of aryl methyl sites for hydroxylation is 1. The van der Waals surface area contributed by atoms with Crippen molar-refractivity contribution < 1.29 is 4.79 Å². The van der Waals surface area contributed by atoms with Crippen LogP contribution in [0.15, 0.2) is 40.7 Å². The fourth-order valence-electron chi connectivity index (χ4n) is 2.79. The summed E-state index contributed by atoms with van der Waals surface area (Å²) in [6, 6.07) is 3.72. The average Bonchev–Trinajstić information content (AvgIpc) is 2.91. The van der Waals surface area contributed by atoms with Gasteiger partial charge in [0.25, 0.3) is 11.5 Å². The number of amides is 1. The highest BCUT2D eigenvalue weighted by molar-refractivity contribution is 8.26. The zero-order chi connectivity index (χ0) is 20.4. The molecule has 2 aromatic heterocycles. The van der Waals surface area contributed by atoms with E-state index in [4.69, 9.17) is 12.2 Å². The minimum absolute atomic E-state index is 0.224. The van der Waals surface area contributed by atoms with Crippen molar-refractivity contribution >= 4 is 51.7 Å². The van der Waals surface area contributed by atoms with Crippen molar-refractivity contribution in [3.05, 3.63) is 57.4 Å². The number of hydrogen-bond donors (Lipinski definition) is 1. The van der Waals surface area contributed by atoms with Gasteiger partial charge in [0, 0.05) is 19.3 Å². The summed E-state index contributed by atoms with van der Waals surface area (Å²) in [6.45, 7) is 10.7. The Morgan fingerprint density at radius 1 is 1.39 bits per heavy atom. The summed E-state index contributed by atoms with van der Waals surface area (Å²) in [5, 5.41) is 3.26. The van der Waals surface area contributed by atoms with E-state index in [2.05, 4.69) is 30.7 Å². The van der Waals surface area contributed by atoms with Gasteiger partial charge in [-0.3, -0.25) is 18.9 Å². The Hall–Kier alpha value is -2.45. The Balaban J connectivity index is 2.16. The van der Waals surface area contributed by atoms with Gasteiger partial charge in [-0.1, -0.05) is 50.0 Å². The maximum absolute atomic E-state index is 13.2. The molecule has 3 rings (SSSR count). The number of carbonyl (C=O) groups excluding carboxylic acids is 1. The number of rotatable bonds is 6. The van der Waals surface area contributed by atoms with Crippen LogP contribution in [0.4, 0.5) is 5.82 Å². The van der Waals surface area contributed by atoms with E-state index >= 15 is 0 Å². The first-order valence-corrected chi connectivity index (χ1v) is 10.2. The molecule has 0 aromatic carbocycles. The largest absolute Gasteiger partial charge is 0.369 e. The Kier molecular flexibility index (Phi) is 6.00. The molecule has 0 bridgehead atoms. The van der Waals surface area contributed by atoms with Gasteiger partial charge in [-0.2, -0.15) is 0 Å². The molecule has 1 saturated heterocycles. The zero-order valence-corrected chi connectivity index (χ0v) is 17.7. The normalized spacial score (nSPS) is 15.9. The van der Waals surface area contributed by atoms with Gasteiger partial charge < -0.3 is 5.32 Å². The summed E-state index contributed by atoms with van der Waals surface area (Å²) in [5.74, 6) is 0.621. The fraction of sp³-hybridized carbons (Fsp3) is 0.300. The summed E-state index contributed by atoms with van der Waals surface area (Å²) in [7, 11) is 0. The predicted molar refractivity (Wildman–Crippen MR) is 120 cm³/mol. The van der Waals surface area contributed by atoms with E-state index < -0.39 is 0 Å². The van der Waals surface area contributed by atoms with Gasteiger partial charge in [0.1, 0.15) is 15.8 Å². The molecule has 3 heterocycles. The molecule has 28 heavy (non-hydrogen) atoms. The number of thioether (sulfide) groups is 1. The highest BCUT2D eigenvalue weighted by atomic mass is 32.2. The van der Waals surface area contributed by atoms with Crippen LogP contribution in [0, 0.1) is 12.8 Å². The first-order valence-electron chi connectivity index (χ1n) is 8.95. The molecule has 0 aliphatic carbocycles. The molecule has 146 valence electrons. The highest BCUT2D eigenvalue weighted by Crippen LogP contribution is 2.33. The molecule has 0 spiro atoms. The Labute approximate surface area is 173 Å². The number of nitrogens with zero attached hydrogens (tertiary/aromatic N) is 3. The van der Waals surface area contributed by atoms with Crippen molar-refractivity contribution in [2.24, 2.45) is 5.92 Å². The van der Waals surface area contributed by atoms with Crippen molar-refractivity contribution in [3.8, 4) is 0 Å². The van der Waals surface area contributed by atoms with Crippen molar-refractivity contribution in [2.75, 3.05) is 18.4 Å². The predicted octanol–water partition coefficient (Wildman–Crippen LogP) is 3.46. The molecule has 0 atom stereocenters. The maximum atomic E-state index is 13.2. The van der Waals surface area contributed by atoms with Crippen LogP contribution in [-0.2, 0) is 4.79 Å². The average molecular weight is 415 g/mol. The number of thiocarbonyl (C=S) groups is 1. The number of hydrogen-bond acceptors (Lipinski definition) is 6. The van der Waals surface area contributed by atoms with Gasteiger partial charge in [0.2, 0.25) is 0 Å². The van der Waals surface area contributed by atoms with Gasteiger partial charge in [0.15, 0.2) is 0 Å². The van der Waals surface area contributed by atoms with Gasteiger partial charge in [0.05, 0.1) is 10.5 Å². The lowest BCUT2D eigenvalue weighted by molar-refractivity contribution is -0.121. The van der Waals surface area contributed by atoms with Crippen LogP contribution in [0.3, 0.4) is 0 Å². The molecule has 1 amide bonds. The van der Waals surface area contributed by atoms with E-state index in [1.165, 1.54) is 21.1 Å². The van der Waals surface area contributed by atoms with Gasteiger partial charge >= 0.3 is 0 Å². The number of nitrogens with one attached hydrogen (secondary N) is 1. The molecule has 6 nitrogen and oxygen atoms in total. The third kappa shape index (κ3) is 3.88.